The number of hydrogen-bond acceptors (Lipinski definition) is 5. The number of esters is 2. The molecule has 0 bridgehead atoms. The summed E-state index contributed by atoms with van der Waals surface area (Å²) < 4.78 is 16.7. The van der Waals surface area contributed by atoms with Crippen LogP contribution in [0.1, 0.15) is 55.9 Å². The van der Waals surface area contributed by atoms with Gasteiger partial charge in [0.05, 0.1) is 13.0 Å². The molecule has 2 rings (SSSR count). The quantitative estimate of drug-likeness (QED) is 0.622. The molecule has 1 unspecified atom stereocenters. The van der Waals surface area contributed by atoms with Crippen LogP contribution in [0.2, 0.25) is 0 Å². The zero-order valence-electron chi connectivity index (χ0n) is 15.4. The van der Waals surface area contributed by atoms with Gasteiger partial charge in [0.15, 0.2) is 0 Å². The predicted octanol–water partition coefficient (Wildman–Crippen LogP) is 3.57. The zero-order chi connectivity index (χ0) is 18.1. The standard InChI is InChI=1S/C19H26O5/c1-7-22-16(21)10-19(6)9-8-15-13(4)17(23-14(5)20)11(2)12(3)18(15)24-19/h7-10H2,1-6H3. The molecule has 0 saturated heterocycles. The van der Waals surface area contributed by atoms with Crippen molar-refractivity contribution in [1.29, 1.82) is 0 Å². The van der Waals surface area contributed by atoms with E-state index in [0.717, 1.165) is 34.4 Å². The first-order chi connectivity index (χ1) is 11.2. The molecule has 1 aliphatic heterocycles. The second kappa shape index (κ2) is 6.83. The van der Waals surface area contributed by atoms with E-state index in [0.29, 0.717) is 18.8 Å². The molecule has 0 N–H and O–H groups in total. The van der Waals surface area contributed by atoms with Gasteiger partial charge in [0, 0.05) is 12.5 Å². The summed E-state index contributed by atoms with van der Waals surface area (Å²) in [6.45, 7) is 11.3. The number of ether oxygens (including phenoxy) is 3. The fourth-order valence-electron chi connectivity index (χ4n) is 3.22. The van der Waals surface area contributed by atoms with Crippen molar-refractivity contribution < 1.29 is 23.8 Å². The SMILES string of the molecule is CCOC(=O)CC1(C)CCc2c(C)c(OC(C)=O)c(C)c(C)c2O1. The molecule has 5 nitrogen and oxygen atoms in total. The predicted molar refractivity (Wildman–Crippen MR) is 90.6 cm³/mol. The van der Waals surface area contributed by atoms with Crippen LogP contribution in [0.3, 0.4) is 0 Å². The lowest BCUT2D eigenvalue weighted by Crippen LogP contribution is -2.39. The van der Waals surface area contributed by atoms with Gasteiger partial charge in [0.1, 0.15) is 17.1 Å². The van der Waals surface area contributed by atoms with Crippen molar-refractivity contribution in [3.05, 3.63) is 22.3 Å². The van der Waals surface area contributed by atoms with Gasteiger partial charge in [-0.15, -0.1) is 0 Å². The van der Waals surface area contributed by atoms with E-state index in [-0.39, 0.29) is 18.4 Å². The Balaban J connectivity index is 2.38. The maximum Gasteiger partial charge on any atom is 0.309 e. The van der Waals surface area contributed by atoms with Gasteiger partial charge in [-0.3, -0.25) is 9.59 Å². The van der Waals surface area contributed by atoms with E-state index in [1.165, 1.54) is 6.92 Å². The Morgan fingerprint density at radius 3 is 2.42 bits per heavy atom. The highest BCUT2D eigenvalue weighted by molar-refractivity contribution is 5.73. The lowest BCUT2D eigenvalue weighted by molar-refractivity contribution is -0.147. The van der Waals surface area contributed by atoms with Crippen molar-refractivity contribution in [3.8, 4) is 11.5 Å². The number of benzene rings is 1. The lowest BCUT2D eigenvalue weighted by atomic mass is 9.85. The number of rotatable bonds is 4. The molecule has 132 valence electrons. The third-order valence-electron chi connectivity index (χ3n) is 4.63. The Bertz CT molecular complexity index is 677. The Hall–Kier alpha value is -2.04. The largest absolute Gasteiger partial charge is 0.486 e. The summed E-state index contributed by atoms with van der Waals surface area (Å²) in [5, 5.41) is 0. The Labute approximate surface area is 143 Å². The first-order valence-corrected chi connectivity index (χ1v) is 8.34. The van der Waals surface area contributed by atoms with Crippen molar-refractivity contribution in [2.24, 2.45) is 0 Å². The van der Waals surface area contributed by atoms with Gasteiger partial charge >= 0.3 is 11.9 Å². The van der Waals surface area contributed by atoms with Crippen LogP contribution in [0.25, 0.3) is 0 Å². The summed E-state index contributed by atoms with van der Waals surface area (Å²) in [5.41, 5.74) is 3.24. The van der Waals surface area contributed by atoms with E-state index in [1.807, 2.05) is 27.7 Å². The van der Waals surface area contributed by atoms with E-state index < -0.39 is 5.60 Å². The van der Waals surface area contributed by atoms with Crippen LogP contribution >= 0.6 is 0 Å². The summed E-state index contributed by atoms with van der Waals surface area (Å²) in [6.07, 6.45) is 1.71. The molecule has 0 aliphatic carbocycles. The Kier molecular flexibility index (Phi) is 5.21. The number of hydrogen-bond donors (Lipinski definition) is 0. The molecule has 1 aliphatic rings. The summed E-state index contributed by atoms with van der Waals surface area (Å²) in [4.78, 5) is 23.2. The summed E-state index contributed by atoms with van der Waals surface area (Å²) in [6, 6.07) is 0. The number of carbonyl (C=O) groups excluding carboxylic acids is 2. The molecule has 1 heterocycles. The van der Waals surface area contributed by atoms with Gasteiger partial charge in [-0.1, -0.05) is 0 Å². The van der Waals surface area contributed by atoms with Gasteiger partial charge in [0.2, 0.25) is 0 Å². The smallest absolute Gasteiger partial charge is 0.309 e. The molecular formula is C19H26O5. The molecule has 0 fully saturated rings. The van der Waals surface area contributed by atoms with Crippen molar-refractivity contribution in [2.75, 3.05) is 6.61 Å². The summed E-state index contributed by atoms with van der Waals surface area (Å²) >= 11 is 0. The lowest BCUT2D eigenvalue weighted by Gasteiger charge is -2.37. The fourth-order valence-corrected chi connectivity index (χ4v) is 3.22. The number of fused-ring (bicyclic) bond motifs is 1. The summed E-state index contributed by atoms with van der Waals surface area (Å²) in [5.74, 6) is 0.853. The molecule has 0 radical (unpaired) electrons. The zero-order valence-corrected chi connectivity index (χ0v) is 15.4. The van der Waals surface area contributed by atoms with Crippen LogP contribution in [-0.2, 0) is 20.7 Å². The van der Waals surface area contributed by atoms with E-state index in [2.05, 4.69) is 0 Å². The fraction of sp³-hybridized carbons (Fsp3) is 0.579. The molecule has 0 aromatic heterocycles. The molecule has 24 heavy (non-hydrogen) atoms. The van der Waals surface area contributed by atoms with Gasteiger partial charge in [-0.05, 0) is 64.2 Å². The highest BCUT2D eigenvalue weighted by Gasteiger charge is 2.37. The van der Waals surface area contributed by atoms with Crippen LogP contribution in [0.4, 0.5) is 0 Å². The van der Waals surface area contributed by atoms with Gasteiger partial charge in [-0.2, -0.15) is 0 Å². The first-order valence-electron chi connectivity index (χ1n) is 8.34. The topological polar surface area (TPSA) is 61.8 Å². The molecule has 1 atom stereocenters. The highest BCUT2D eigenvalue weighted by atomic mass is 16.5. The average Bonchev–Trinajstić information content (AvgIpc) is 2.49. The van der Waals surface area contributed by atoms with Crippen molar-refractivity contribution in [1.82, 2.24) is 0 Å². The van der Waals surface area contributed by atoms with Gasteiger partial charge in [0.25, 0.3) is 0 Å². The minimum absolute atomic E-state index is 0.226. The van der Waals surface area contributed by atoms with Crippen LogP contribution < -0.4 is 9.47 Å². The minimum atomic E-state index is -0.578. The summed E-state index contributed by atoms with van der Waals surface area (Å²) in [7, 11) is 0. The maximum absolute atomic E-state index is 11.9. The normalized spacial score (nSPS) is 19.2. The molecule has 1 aromatic rings. The van der Waals surface area contributed by atoms with Gasteiger partial charge in [-0.25, -0.2) is 0 Å². The van der Waals surface area contributed by atoms with Crippen LogP contribution in [-0.4, -0.2) is 24.1 Å². The first kappa shape index (κ1) is 18.3. The number of carbonyl (C=O) groups is 2. The second-order valence-electron chi connectivity index (χ2n) is 6.64. The van der Waals surface area contributed by atoms with Crippen LogP contribution in [0.5, 0.6) is 11.5 Å². The molecule has 1 aromatic carbocycles. The Morgan fingerprint density at radius 1 is 1.17 bits per heavy atom. The van der Waals surface area contributed by atoms with E-state index in [4.69, 9.17) is 14.2 Å². The van der Waals surface area contributed by atoms with Crippen molar-refractivity contribution in [2.45, 2.75) is 66.4 Å². The minimum Gasteiger partial charge on any atom is -0.486 e. The van der Waals surface area contributed by atoms with Crippen LogP contribution in [0.15, 0.2) is 0 Å². The monoisotopic (exact) mass is 334 g/mol. The molecular weight excluding hydrogens is 308 g/mol. The third kappa shape index (κ3) is 3.55. The van der Waals surface area contributed by atoms with Crippen molar-refractivity contribution in [3.63, 3.8) is 0 Å². The molecule has 5 heteroatoms. The second-order valence-corrected chi connectivity index (χ2v) is 6.64. The van der Waals surface area contributed by atoms with Crippen LogP contribution in [0, 0.1) is 20.8 Å². The maximum atomic E-state index is 11.9. The van der Waals surface area contributed by atoms with Crippen molar-refractivity contribution >= 4 is 11.9 Å². The van der Waals surface area contributed by atoms with E-state index >= 15 is 0 Å². The third-order valence-corrected chi connectivity index (χ3v) is 4.63. The Morgan fingerprint density at radius 2 is 1.83 bits per heavy atom. The molecule has 0 amide bonds. The molecule has 0 spiro atoms. The molecule has 0 saturated carbocycles. The highest BCUT2D eigenvalue weighted by Crippen LogP contribution is 2.44. The van der Waals surface area contributed by atoms with E-state index in [9.17, 15) is 9.59 Å². The average molecular weight is 334 g/mol. The van der Waals surface area contributed by atoms with E-state index in [1.54, 1.807) is 6.92 Å². The van der Waals surface area contributed by atoms with Gasteiger partial charge < -0.3 is 14.2 Å².